The van der Waals surface area contributed by atoms with Crippen LogP contribution in [0.4, 0.5) is 5.69 Å². The van der Waals surface area contributed by atoms with Gasteiger partial charge in [0, 0.05) is 11.9 Å². The summed E-state index contributed by atoms with van der Waals surface area (Å²) >= 11 is 1.25. The van der Waals surface area contributed by atoms with Gasteiger partial charge in [-0.2, -0.15) is 5.10 Å². The Morgan fingerprint density at radius 3 is 3.05 bits per heavy atom. The third kappa shape index (κ3) is 2.51. The molecule has 0 fully saturated rings. The van der Waals surface area contributed by atoms with Crippen LogP contribution < -0.4 is 5.73 Å². The first kappa shape index (κ1) is 13.3. The predicted molar refractivity (Wildman–Crippen MR) is 76.9 cm³/mol. The Balaban J connectivity index is 2.40. The Labute approximate surface area is 115 Å². The number of anilines is 1. The smallest absolute Gasteiger partial charge is 0.266 e. The molecule has 0 saturated heterocycles. The van der Waals surface area contributed by atoms with Crippen molar-refractivity contribution in [3.63, 3.8) is 0 Å². The molecule has 0 aliphatic carbocycles. The fraction of sp³-hybridized carbons (Fsp3) is 0.308. The summed E-state index contributed by atoms with van der Waals surface area (Å²) in [6.45, 7) is 2.89. The van der Waals surface area contributed by atoms with Crippen molar-refractivity contribution in [1.29, 1.82) is 0 Å². The molecule has 5 nitrogen and oxygen atoms in total. The highest BCUT2D eigenvalue weighted by Gasteiger charge is 2.21. The predicted octanol–water partition coefficient (Wildman–Crippen LogP) is 1.76. The van der Waals surface area contributed by atoms with Crippen molar-refractivity contribution < 1.29 is 4.79 Å². The number of thiophene rings is 1. The number of terminal acetylenes is 1. The highest BCUT2D eigenvalue weighted by molar-refractivity contribution is 7.21. The summed E-state index contributed by atoms with van der Waals surface area (Å²) in [7, 11) is 0. The lowest BCUT2D eigenvalue weighted by Gasteiger charge is -2.18. The van der Waals surface area contributed by atoms with Crippen LogP contribution >= 0.6 is 11.3 Å². The molecule has 0 bridgehead atoms. The van der Waals surface area contributed by atoms with Crippen LogP contribution in [0.3, 0.4) is 0 Å². The number of rotatable bonds is 4. The summed E-state index contributed by atoms with van der Waals surface area (Å²) in [6, 6.07) is 1.76. The topological polar surface area (TPSA) is 72.1 Å². The van der Waals surface area contributed by atoms with Crippen molar-refractivity contribution in [1.82, 2.24) is 15.1 Å². The molecule has 0 atom stereocenters. The number of carbonyl (C=O) groups is 1. The van der Waals surface area contributed by atoms with Gasteiger partial charge >= 0.3 is 0 Å². The van der Waals surface area contributed by atoms with Gasteiger partial charge < -0.3 is 10.6 Å². The van der Waals surface area contributed by atoms with Gasteiger partial charge in [-0.25, -0.2) is 0 Å². The van der Waals surface area contributed by atoms with E-state index in [4.69, 9.17) is 12.2 Å². The normalized spacial score (nSPS) is 10.3. The first-order chi connectivity index (χ1) is 9.19. The Morgan fingerprint density at radius 1 is 1.63 bits per heavy atom. The Hall–Kier alpha value is -2.13. The number of aromatic nitrogens is 2. The van der Waals surface area contributed by atoms with E-state index < -0.39 is 0 Å². The quantitative estimate of drug-likeness (QED) is 0.862. The van der Waals surface area contributed by atoms with E-state index in [1.807, 2.05) is 6.92 Å². The molecular weight excluding hydrogens is 260 g/mol. The zero-order valence-corrected chi connectivity index (χ0v) is 11.4. The molecule has 2 rings (SSSR count). The number of nitrogens with two attached hydrogens (primary N) is 1. The van der Waals surface area contributed by atoms with Crippen molar-refractivity contribution >= 4 is 33.1 Å². The van der Waals surface area contributed by atoms with E-state index in [0.29, 0.717) is 21.9 Å². The molecule has 6 heteroatoms. The number of carbonyl (C=O) groups excluding carboxylic acids is 1. The lowest BCUT2D eigenvalue weighted by molar-refractivity contribution is 0.0782. The average molecular weight is 274 g/mol. The van der Waals surface area contributed by atoms with E-state index in [0.717, 1.165) is 11.8 Å². The summed E-state index contributed by atoms with van der Waals surface area (Å²) in [6.07, 6.45) is 7.70. The fourth-order valence-corrected chi connectivity index (χ4v) is 2.81. The van der Waals surface area contributed by atoms with Gasteiger partial charge in [0.25, 0.3) is 5.91 Å². The maximum atomic E-state index is 12.4. The molecule has 0 aromatic carbocycles. The van der Waals surface area contributed by atoms with Crippen LogP contribution in [0, 0.1) is 12.3 Å². The van der Waals surface area contributed by atoms with Crippen molar-refractivity contribution in [3.05, 3.63) is 17.1 Å². The monoisotopic (exact) mass is 274 g/mol. The molecule has 0 spiro atoms. The minimum absolute atomic E-state index is 0.139. The molecule has 1 amide bonds. The van der Waals surface area contributed by atoms with Crippen LogP contribution in [0.5, 0.6) is 0 Å². The molecule has 0 radical (unpaired) electrons. The second kappa shape index (κ2) is 5.67. The zero-order chi connectivity index (χ0) is 13.8. The molecule has 0 aliphatic heterocycles. The molecule has 0 aliphatic rings. The lowest BCUT2D eigenvalue weighted by atomic mass is 10.2. The third-order valence-electron chi connectivity index (χ3n) is 2.68. The number of nitrogens with zero attached hydrogens (tertiary/aromatic N) is 3. The van der Waals surface area contributed by atoms with Crippen LogP contribution in [0.15, 0.2) is 12.3 Å². The van der Waals surface area contributed by atoms with E-state index in [1.165, 1.54) is 11.3 Å². The first-order valence-electron chi connectivity index (χ1n) is 5.91. The number of amides is 1. The van der Waals surface area contributed by atoms with Crippen LogP contribution in [-0.2, 0) is 0 Å². The second-order valence-electron chi connectivity index (χ2n) is 4.03. The summed E-state index contributed by atoms with van der Waals surface area (Å²) in [4.78, 5) is 15.2. The lowest BCUT2D eigenvalue weighted by Crippen LogP contribution is -2.32. The average Bonchev–Trinajstić information content (AvgIpc) is 2.76. The maximum absolute atomic E-state index is 12.4. The van der Waals surface area contributed by atoms with Gasteiger partial charge in [0.15, 0.2) is 0 Å². The van der Waals surface area contributed by atoms with Crippen LogP contribution in [0.1, 0.15) is 23.0 Å². The standard InChI is InChI=1S/C13H14N4OS/c1-3-7-17(8-4-2)13(18)11-10(14)9-5-6-15-16-12(9)19-11/h1,5-6H,4,7-8,14H2,2H3. The van der Waals surface area contributed by atoms with Gasteiger partial charge in [-0.05, 0) is 12.5 Å². The first-order valence-corrected chi connectivity index (χ1v) is 6.73. The number of fused-ring (bicyclic) bond motifs is 1. The number of hydrogen-bond acceptors (Lipinski definition) is 5. The minimum atomic E-state index is -0.139. The summed E-state index contributed by atoms with van der Waals surface area (Å²) < 4.78 is 0. The molecule has 2 aromatic heterocycles. The third-order valence-corrected chi connectivity index (χ3v) is 3.77. The van der Waals surface area contributed by atoms with Gasteiger partial charge in [0.2, 0.25) is 0 Å². The van der Waals surface area contributed by atoms with E-state index in [-0.39, 0.29) is 12.5 Å². The second-order valence-corrected chi connectivity index (χ2v) is 5.02. The molecule has 2 N–H and O–H groups in total. The van der Waals surface area contributed by atoms with Crippen molar-refractivity contribution in [2.45, 2.75) is 13.3 Å². The van der Waals surface area contributed by atoms with Crippen molar-refractivity contribution in [2.75, 3.05) is 18.8 Å². The summed E-state index contributed by atoms with van der Waals surface area (Å²) in [5.41, 5.74) is 6.47. The van der Waals surface area contributed by atoms with Crippen LogP contribution in [0.2, 0.25) is 0 Å². The molecule has 2 heterocycles. The van der Waals surface area contributed by atoms with Gasteiger partial charge in [-0.15, -0.1) is 22.9 Å². The highest BCUT2D eigenvalue weighted by atomic mass is 32.1. The molecule has 19 heavy (non-hydrogen) atoms. The highest BCUT2D eigenvalue weighted by Crippen LogP contribution is 2.32. The molecule has 98 valence electrons. The van der Waals surface area contributed by atoms with Crippen LogP contribution in [-0.4, -0.2) is 34.1 Å². The van der Waals surface area contributed by atoms with Gasteiger partial charge in [-0.1, -0.05) is 12.8 Å². The van der Waals surface area contributed by atoms with Crippen molar-refractivity contribution in [3.8, 4) is 12.3 Å². The number of nitrogen functional groups attached to an aromatic ring is 1. The van der Waals surface area contributed by atoms with Gasteiger partial charge in [0.1, 0.15) is 9.71 Å². The largest absolute Gasteiger partial charge is 0.397 e. The Kier molecular flexibility index (Phi) is 3.97. The summed E-state index contributed by atoms with van der Waals surface area (Å²) in [5, 5.41) is 8.53. The van der Waals surface area contributed by atoms with Gasteiger partial charge in [-0.3, -0.25) is 4.79 Å². The van der Waals surface area contributed by atoms with E-state index in [1.54, 1.807) is 17.2 Å². The molecule has 0 saturated carbocycles. The zero-order valence-electron chi connectivity index (χ0n) is 10.6. The molecule has 2 aromatic rings. The molecule has 0 unspecified atom stereocenters. The maximum Gasteiger partial charge on any atom is 0.266 e. The van der Waals surface area contributed by atoms with Crippen LogP contribution in [0.25, 0.3) is 10.2 Å². The Morgan fingerprint density at radius 2 is 2.42 bits per heavy atom. The summed E-state index contributed by atoms with van der Waals surface area (Å²) in [5.74, 6) is 2.36. The van der Waals surface area contributed by atoms with Gasteiger partial charge in [0.05, 0.1) is 18.4 Å². The number of hydrogen-bond donors (Lipinski definition) is 1. The van der Waals surface area contributed by atoms with E-state index >= 15 is 0 Å². The Bertz CT molecular complexity index is 644. The van der Waals surface area contributed by atoms with E-state index in [9.17, 15) is 4.79 Å². The van der Waals surface area contributed by atoms with E-state index in [2.05, 4.69) is 16.1 Å². The molecular formula is C13H14N4OS. The van der Waals surface area contributed by atoms with Crippen molar-refractivity contribution in [2.24, 2.45) is 0 Å². The SMILES string of the molecule is C#CCN(CCC)C(=O)c1sc2nnccc2c1N. The fourth-order valence-electron chi connectivity index (χ4n) is 1.81. The minimum Gasteiger partial charge on any atom is -0.397 e.